The van der Waals surface area contributed by atoms with Crippen molar-refractivity contribution in [2.75, 3.05) is 40.5 Å². The zero-order chi connectivity index (χ0) is 60.7. The lowest BCUT2D eigenvalue weighted by molar-refractivity contribution is -0.438. The molecule has 3 aliphatic rings. The number of amides is 2. The van der Waals surface area contributed by atoms with E-state index in [1.54, 1.807) is 24.3 Å². The summed E-state index contributed by atoms with van der Waals surface area (Å²) in [6.07, 6.45) is 13.5. The number of rotatable bonds is 24. The second-order valence-corrected chi connectivity index (χ2v) is 25.6. The number of unbranched alkanes of at least 4 members (excludes halogenated alkanes) is 2. The smallest absolute Gasteiger partial charge is 0.280 e. The van der Waals surface area contributed by atoms with Crippen LogP contribution in [0.3, 0.4) is 0 Å². The number of hydrogen-bond acceptors (Lipinski definition) is 15. The number of para-hydroxylation sites is 2. The first kappa shape index (κ1) is 61.2. The van der Waals surface area contributed by atoms with E-state index in [9.17, 15) is 40.3 Å². The molecule has 1 atom stereocenters. The molecule has 0 spiro atoms. The van der Waals surface area contributed by atoms with Crippen LogP contribution in [0.4, 0.5) is 23.0 Å². The molecule has 21 nitrogen and oxygen atoms in total. The van der Waals surface area contributed by atoms with Crippen molar-refractivity contribution in [1.29, 1.82) is 0 Å². The number of H-pyrrole nitrogens is 1. The van der Waals surface area contributed by atoms with Crippen molar-refractivity contribution >= 4 is 71.9 Å². The van der Waals surface area contributed by atoms with Crippen LogP contribution in [-0.4, -0.2) is 98.7 Å². The van der Waals surface area contributed by atoms with Gasteiger partial charge in [0.25, 0.3) is 31.7 Å². The Morgan fingerprint density at radius 3 is 2.25 bits per heavy atom. The number of hydrogen-bond donors (Lipinski definition) is 8. The third-order valence-corrected chi connectivity index (χ3v) is 17.1. The molecule has 9 N–H and O–H groups in total. The third-order valence-electron chi connectivity index (χ3n) is 15.5. The van der Waals surface area contributed by atoms with Gasteiger partial charge in [0.2, 0.25) is 17.5 Å². The van der Waals surface area contributed by atoms with Crippen LogP contribution < -0.4 is 42.4 Å². The molecule has 85 heavy (non-hydrogen) atoms. The maximum absolute atomic E-state index is 13.4. The van der Waals surface area contributed by atoms with Gasteiger partial charge < -0.3 is 26.0 Å². The summed E-state index contributed by atoms with van der Waals surface area (Å²) in [6, 6.07) is 30.7. The van der Waals surface area contributed by atoms with Crippen LogP contribution in [0, 0.1) is 0 Å². The van der Waals surface area contributed by atoms with E-state index in [1.807, 2.05) is 48.5 Å². The molecule has 9 rings (SSSR count). The summed E-state index contributed by atoms with van der Waals surface area (Å²) in [5, 5.41) is 6.08. The van der Waals surface area contributed by atoms with Crippen LogP contribution >= 0.6 is 0 Å². The molecule has 6 aromatic rings. The van der Waals surface area contributed by atoms with Crippen LogP contribution in [0.2, 0.25) is 0 Å². The minimum Gasteiger partial charge on any atom is -0.457 e. The van der Waals surface area contributed by atoms with Gasteiger partial charge in [-0.25, -0.2) is 15.4 Å². The lowest BCUT2D eigenvalue weighted by Crippen LogP contribution is -2.53. The van der Waals surface area contributed by atoms with Gasteiger partial charge in [-0.15, -0.1) is 0 Å². The summed E-state index contributed by atoms with van der Waals surface area (Å²) in [6.45, 7) is 11.4. The SMILES string of the molecule is CC(=O)N[C@@H](Cc1ccc(OC2=C(/C=C/C3=[N+](CCCCS(=O)(=O)O)c4ccccc4C3(C)C)CCC/C2=C\C=C2\N(CCCCS(=O)(=O)O)c3ccccc3C2(C)C)cc1)NNC(=O)c1ccc(NCc2cnc3nc(N)[nH]c(=O)c3n2)cc1. The standard InChI is InChI=1S/C62H71N11O10S2/c1-40(74)66-54(70-71-58(75)44-23-27-45(28-24-44)64-38-46-39-65-57-55(67-46)59(76)69-60(63)68-57)37-41-21-29-47(30-22-41)83-56-42(25-31-52-61(2,3)48-17-6-8-19-50(48)72(52)33-10-12-35-84(77,78)79)15-14-16-43(56)26-32-53-62(4,5)49-18-7-9-20-51(49)73(53)34-11-13-36-85(80,81)82/h6-9,17-32,39,54H,10-16,33-38H2,1-5H3,(H8-,63,64,65,66,67,68,69,70,71,74,75,76,77,78,79,80,81,82)/p+1/t54-/m1/s1. The average Bonchev–Trinajstić information content (AvgIpc) is 2.13. The number of carbonyl (C=O) groups excluding carboxylic acids is 2. The largest absolute Gasteiger partial charge is 0.457 e. The van der Waals surface area contributed by atoms with E-state index in [4.69, 9.17) is 10.5 Å². The fourth-order valence-electron chi connectivity index (χ4n) is 11.2. The Balaban J connectivity index is 0.957. The number of anilines is 3. The third kappa shape index (κ3) is 15.1. The molecule has 0 saturated heterocycles. The summed E-state index contributed by atoms with van der Waals surface area (Å²) < 4.78 is 74.8. The van der Waals surface area contributed by atoms with Crippen LogP contribution in [0.25, 0.3) is 11.2 Å². The van der Waals surface area contributed by atoms with Gasteiger partial charge in [-0.3, -0.25) is 33.9 Å². The lowest BCUT2D eigenvalue weighted by Gasteiger charge is -2.27. The number of nitrogens with two attached hydrogens (primary N) is 1. The minimum atomic E-state index is -4.11. The molecule has 4 aromatic carbocycles. The highest BCUT2D eigenvalue weighted by atomic mass is 32.2. The number of ether oxygens (including phenoxy) is 1. The van der Waals surface area contributed by atoms with E-state index in [0.29, 0.717) is 86.5 Å². The Labute approximate surface area is 494 Å². The zero-order valence-corrected chi connectivity index (χ0v) is 49.8. The van der Waals surface area contributed by atoms with Crippen LogP contribution in [0.15, 0.2) is 155 Å². The van der Waals surface area contributed by atoms with Crippen LogP contribution in [0.5, 0.6) is 5.75 Å². The number of carbonyl (C=O) groups is 2. The van der Waals surface area contributed by atoms with E-state index in [2.05, 4.69) is 127 Å². The Morgan fingerprint density at radius 1 is 0.835 bits per heavy atom. The van der Waals surface area contributed by atoms with E-state index in [1.165, 1.54) is 13.1 Å². The van der Waals surface area contributed by atoms with E-state index in [0.717, 1.165) is 57.0 Å². The van der Waals surface area contributed by atoms with E-state index >= 15 is 0 Å². The number of nitrogen functional groups attached to an aromatic ring is 1. The highest BCUT2D eigenvalue weighted by Crippen LogP contribution is 2.48. The normalized spacial score (nSPS) is 17.0. The molecule has 2 aromatic heterocycles. The van der Waals surface area contributed by atoms with Crippen LogP contribution in [-0.2, 0) is 48.8 Å². The molecule has 1 aliphatic carbocycles. The topological polar surface area (TPSA) is 304 Å². The molecule has 4 heterocycles. The number of benzene rings is 4. The maximum Gasteiger partial charge on any atom is 0.280 e. The van der Waals surface area contributed by atoms with Gasteiger partial charge in [0, 0.05) is 72.1 Å². The molecule has 0 radical (unpaired) electrons. The first-order chi connectivity index (χ1) is 40.4. The average molecular weight is 1200 g/mol. The van der Waals surface area contributed by atoms with Gasteiger partial charge in [0.05, 0.1) is 35.4 Å². The van der Waals surface area contributed by atoms with Crippen molar-refractivity contribution in [3.63, 3.8) is 0 Å². The molecule has 0 fully saturated rings. The molecule has 2 aliphatic heterocycles. The van der Waals surface area contributed by atoms with Crippen LogP contribution in [0.1, 0.15) is 112 Å². The number of aromatic nitrogens is 4. The van der Waals surface area contributed by atoms with Crippen molar-refractivity contribution < 1.29 is 44.8 Å². The van der Waals surface area contributed by atoms with E-state index < -0.39 is 48.7 Å². The Bertz CT molecular complexity index is 3970. The van der Waals surface area contributed by atoms with Crippen molar-refractivity contribution in [1.82, 2.24) is 36.1 Å². The maximum atomic E-state index is 13.4. The van der Waals surface area contributed by atoms with Crippen molar-refractivity contribution in [3.05, 3.63) is 188 Å². The van der Waals surface area contributed by atoms with Gasteiger partial charge in [0.1, 0.15) is 24.2 Å². The Hall–Kier alpha value is -8.35. The quantitative estimate of drug-likeness (QED) is 0.00930. The van der Waals surface area contributed by atoms with Gasteiger partial charge in [-0.05, 0) is 129 Å². The van der Waals surface area contributed by atoms with Gasteiger partial charge in [-0.2, -0.15) is 26.4 Å². The molecular formula is C62H72N11O10S2+. The second-order valence-electron chi connectivity index (χ2n) is 22.5. The predicted octanol–water partition coefficient (Wildman–Crippen LogP) is 8.24. The first-order valence-corrected chi connectivity index (χ1v) is 31.5. The summed E-state index contributed by atoms with van der Waals surface area (Å²) in [4.78, 5) is 55.4. The predicted molar refractivity (Wildman–Crippen MR) is 329 cm³/mol. The summed E-state index contributed by atoms with van der Waals surface area (Å²) in [5.74, 6) is -0.167. The molecule has 0 unspecified atom stereocenters. The van der Waals surface area contributed by atoms with Crippen molar-refractivity contribution in [2.45, 2.75) is 110 Å². The minimum absolute atomic E-state index is 0.0513. The Kier molecular flexibility index (Phi) is 18.6. The summed E-state index contributed by atoms with van der Waals surface area (Å²) in [7, 11) is -8.21. The van der Waals surface area contributed by atoms with Gasteiger partial charge in [-0.1, -0.05) is 68.5 Å². The van der Waals surface area contributed by atoms with Crippen molar-refractivity contribution in [3.8, 4) is 5.75 Å². The molecule has 446 valence electrons. The number of aromatic amines is 1. The number of allylic oxidation sites excluding steroid dienone is 7. The lowest BCUT2D eigenvalue weighted by atomic mass is 9.81. The highest BCUT2D eigenvalue weighted by molar-refractivity contribution is 7.86. The molecule has 0 saturated carbocycles. The fraction of sp³-hybridized carbons (Fsp3) is 0.339. The highest BCUT2D eigenvalue weighted by Gasteiger charge is 2.44. The number of nitrogens with zero attached hydrogens (tertiary/aromatic N) is 5. The molecule has 2 amide bonds. The second kappa shape index (κ2) is 25.9. The summed E-state index contributed by atoms with van der Waals surface area (Å²) in [5.41, 5.74) is 20.9. The van der Waals surface area contributed by atoms with Gasteiger partial charge >= 0.3 is 0 Å². The molecular weight excluding hydrogens is 1120 g/mol. The number of nitrogens with one attached hydrogen (secondary N) is 5. The monoisotopic (exact) mass is 1190 g/mol. The fourth-order valence-corrected chi connectivity index (χ4v) is 12.4. The Morgan fingerprint density at radius 2 is 1.53 bits per heavy atom. The zero-order valence-electron chi connectivity index (χ0n) is 48.2. The number of fused-ring (bicyclic) bond motifs is 3. The van der Waals surface area contributed by atoms with Gasteiger partial charge in [0.15, 0.2) is 16.9 Å². The number of hydrazine groups is 1. The summed E-state index contributed by atoms with van der Waals surface area (Å²) >= 11 is 0. The molecule has 23 heteroatoms. The first-order valence-electron chi connectivity index (χ1n) is 28.2. The molecule has 0 bridgehead atoms. The van der Waals surface area contributed by atoms with E-state index in [-0.39, 0.29) is 41.1 Å². The van der Waals surface area contributed by atoms with Crippen molar-refractivity contribution in [2.24, 2.45) is 0 Å².